The summed E-state index contributed by atoms with van der Waals surface area (Å²) >= 11 is 0. The van der Waals surface area contributed by atoms with E-state index in [-0.39, 0.29) is 5.92 Å². The molecule has 4 rings (SSSR count). The Labute approximate surface area is 165 Å². The van der Waals surface area contributed by atoms with Crippen LogP contribution in [0.1, 0.15) is 28.2 Å². The second-order valence-electron chi connectivity index (χ2n) is 7.02. The highest BCUT2D eigenvalue weighted by atomic mass is 16.5. The third-order valence-electron chi connectivity index (χ3n) is 5.06. The highest BCUT2D eigenvalue weighted by Gasteiger charge is 2.28. The lowest BCUT2D eigenvalue weighted by molar-refractivity contribution is 0.144. The molecule has 0 heterocycles. The van der Waals surface area contributed by atoms with Crippen LogP contribution in [0.3, 0.4) is 0 Å². The van der Waals surface area contributed by atoms with E-state index in [2.05, 4.69) is 48.6 Å². The second kappa shape index (κ2) is 8.13. The molecule has 0 saturated heterocycles. The zero-order valence-electron chi connectivity index (χ0n) is 15.9. The summed E-state index contributed by atoms with van der Waals surface area (Å²) < 4.78 is 5.53. The monoisotopic (exact) mass is 369 g/mol. The number of alkyl carbamates (subject to hydrolysis) is 1. The van der Waals surface area contributed by atoms with E-state index >= 15 is 0 Å². The van der Waals surface area contributed by atoms with Gasteiger partial charge in [-0.3, -0.25) is 0 Å². The molecule has 0 aliphatic heterocycles. The molecule has 3 aromatic rings. The van der Waals surface area contributed by atoms with Crippen LogP contribution in [0.5, 0.6) is 0 Å². The number of nitrogens with one attached hydrogen (secondary N) is 1. The maximum Gasteiger partial charge on any atom is 0.407 e. The molecule has 3 aromatic carbocycles. The van der Waals surface area contributed by atoms with Gasteiger partial charge in [-0.2, -0.15) is 0 Å². The summed E-state index contributed by atoms with van der Waals surface area (Å²) in [7, 11) is 0. The predicted molar refractivity (Wildman–Crippen MR) is 113 cm³/mol. The summed E-state index contributed by atoms with van der Waals surface area (Å²) in [5, 5.41) is 2.79. The van der Waals surface area contributed by atoms with Crippen molar-refractivity contribution in [1.29, 1.82) is 0 Å². The number of carbonyl (C=O) groups excluding carboxylic acids is 1. The number of hydrogen-bond donors (Lipinski definition) is 1. The number of rotatable bonds is 5. The minimum Gasteiger partial charge on any atom is -0.449 e. The van der Waals surface area contributed by atoms with Crippen molar-refractivity contribution < 1.29 is 9.53 Å². The molecule has 140 valence electrons. The third-order valence-corrected chi connectivity index (χ3v) is 5.06. The average Bonchev–Trinajstić information content (AvgIpc) is 3.04. The van der Waals surface area contributed by atoms with Gasteiger partial charge in [0.25, 0.3) is 0 Å². The van der Waals surface area contributed by atoms with E-state index in [1.165, 1.54) is 27.8 Å². The molecule has 1 aliphatic rings. The van der Waals surface area contributed by atoms with E-state index in [1.807, 2.05) is 48.6 Å². The number of ether oxygens (including phenoxy) is 1. The van der Waals surface area contributed by atoms with Gasteiger partial charge in [0.2, 0.25) is 0 Å². The van der Waals surface area contributed by atoms with Crippen molar-refractivity contribution in [2.75, 3.05) is 13.2 Å². The van der Waals surface area contributed by atoms with Gasteiger partial charge in [-0.15, -0.1) is 0 Å². The summed E-state index contributed by atoms with van der Waals surface area (Å²) in [6, 6.07) is 24.9. The molecular weight excluding hydrogens is 346 g/mol. The quantitative estimate of drug-likeness (QED) is 0.640. The highest BCUT2D eigenvalue weighted by molar-refractivity contribution is 5.79. The Morgan fingerprint density at radius 2 is 1.64 bits per heavy atom. The summed E-state index contributed by atoms with van der Waals surface area (Å²) in [4.78, 5) is 12.1. The van der Waals surface area contributed by atoms with Crippen molar-refractivity contribution in [3.63, 3.8) is 0 Å². The molecule has 28 heavy (non-hydrogen) atoms. The molecule has 1 amide bonds. The molecule has 1 N–H and O–H groups in total. The molecule has 3 nitrogen and oxygen atoms in total. The first-order chi connectivity index (χ1) is 13.7. The van der Waals surface area contributed by atoms with Crippen LogP contribution in [-0.2, 0) is 4.74 Å². The molecule has 0 spiro atoms. The number of aryl methyl sites for hydroxylation is 1. The van der Waals surface area contributed by atoms with Gasteiger partial charge in [-0.25, -0.2) is 4.79 Å². The van der Waals surface area contributed by atoms with Gasteiger partial charge in [0.05, 0.1) is 0 Å². The Kier molecular flexibility index (Phi) is 5.24. The fraction of sp³-hybridized carbons (Fsp3) is 0.160. The lowest BCUT2D eigenvalue weighted by atomic mass is 9.98. The zero-order chi connectivity index (χ0) is 19.3. The lowest BCUT2D eigenvalue weighted by Crippen LogP contribution is -2.26. The molecule has 0 radical (unpaired) electrons. The Balaban J connectivity index is 1.34. The molecule has 3 heteroatoms. The van der Waals surface area contributed by atoms with Gasteiger partial charge < -0.3 is 10.1 Å². The van der Waals surface area contributed by atoms with Gasteiger partial charge >= 0.3 is 6.09 Å². The van der Waals surface area contributed by atoms with Crippen molar-refractivity contribution in [2.24, 2.45) is 0 Å². The fourth-order valence-electron chi connectivity index (χ4n) is 3.76. The summed E-state index contributed by atoms with van der Waals surface area (Å²) in [6.45, 7) is 2.83. The number of carbonyl (C=O) groups is 1. The summed E-state index contributed by atoms with van der Waals surface area (Å²) in [5.74, 6) is 0.0842. The molecule has 0 saturated carbocycles. The van der Waals surface area contributed by atoms with Crippen molar-refractivity contribution in [2.45, 2.75) is 12.8 Å². The van der Waals surface area contributed by atoms with E-state index in [0.717, 1.165) is 5.56 Å². The van der Waals surface area contributed by atoms with Gasteiger partial charge in [-0.05, 0) is 34.7 Å². The maximum atomic E-state index is 12.1. The molecule has 1 aliphatic carbocycles. The van der Waals surface area contributed by atoms with Gasteiger partial charge in [-0.1, -0.05) is 90.5 Å². The van der Waals surface area contributed by atoms with Crippen molar-refractivity contribution >= 4 is 12.2 Å². The standard InChI is InChI=1S/C25H23NO2/c1-18-8-6-9-19(16-18)10-7-15-26-25(27)28-17-24-22-13-4-2-11-20(22)21-12-3-5-14-23(21)24/h2-14,16,24H,15,17H2,1H3,(H,26,27). The molecule has 0 bridgehead atoms. The van der Waals surface area contributed by atoms with E-state index in [4.69, 9.17) is 4.74 Å². The van der Waals surface area contributed by atoms with E-state index in [1.54, 1.807) is 0 Å². The highest BCUT2D eigenvalue weighted by Crippen LogP contribution is 2.44. The van der Waals surface area contributed by atoms with Crippen molar-refractivity contribution in [1.82, 2.24) is 5.32 Å². The first-order valence-corrected chi connectivity index (χ1v) is 9.54. The number of fused-ring (bicyclic) bond motifs is 3. The van der Waals surface area contributed by atoms with E-state index < -0.39 is 6.09 Å². The number of benzene rings is 3. The van der Waals surface area contributed by atoms with Gasteiger partial charge in [0.15, 0.2) is 0 Å². The van der Waals surface area contributed by atoms with Crippen LogP contribution in [-0.4, -0.2) is 19.2 Å². The van der Waals surface area contributed by atoms with Gasteiger partial charge in [0, 0.05) is 12.5 Å². The number of amides is 1. The van der Waals surface area contributed by atoms with Crippen LogP contribution >= 0.6 is 0 Å². The van der Waals surface area contributed by atoms with Crippen LogP contribution in [0.15, 0.2) is 78.9 Å². The lowest BCUT2D eigenvalue weighted by Gasteiger charge is -2.14. The van der Waals surface area contributed by atoms with Crippen LogP contribution in [0.25, 0.3) is 17.2 Å². The normalized spacial score (nSPS) is 12.6. The van der Waals surface area contributed by atoms with Crippen LogP contribution in [0.2, 0.25) is 0 Å². The fourth-order valence-corrected chi connectivity index (χ4v) is 3.76. The van der Waals surface area contributed by atoms with Crippen LogP contribution in [0, 0.1) is 6.92 Å². The van der Waals surface area contributed by atoms with E-state index in [0.29, 0.717) is 13.2 Å². The minimum absolute atomic E-state index is 0.0842. The largest absolute Gasteiger partial charge is 0.449 e. The number of hydrogen-bond acceptors (Lipinski definition) is 2. The van der Waals surface area contributed by atoms with E-state index in [9.17, 15) is 4.79 Å². The first kappa shape index (κ1) is 18.1. The predicted octanol–water partition coefficient (Wildman–Crippen LogP) is 5.55. The summed E-state index contributed by atoms with van der Waals surface area (Å²) in [5.41, 5.74) is 7.23. The van der Waals surface area contributed by atoms with Crippen molar-refractivity contribution in [3.05, 3.63) is 101 Å². The Morgan fingerprint density at radius 1 is 0.964 bits per heavy atom. The Bertz CT molecular complexity index is 977. The molecule has 0 atom stereocenters. The SMILES string of the molecule is Cc1cccc(C=CCNC(=O)OCC2c3ccccc3-c3ccccc32)c1. The average molecular weight is 369 g/mol. The zero-order valence-corrected chi connectivity index (χ0v) is 15.9. The smallest absolute Gasteiger partial charge is 0.407 e. The Morgan fingerprint density at radius 3 is 2.32 bits per heavy atom. The molecule has 0 aromatic heterocycles. The molecule has 0 fully saturated rings. The van der Waals surface area contributed by atoms with Crippen LogP contribution < -0.4 is 5.32 Å². The van der Waals surface area contributed by atoms with Crippen LogP contribution in [0.4, 0.5) is 4.79 Å². The molecule has 0 unspecified atom stereocenters. The summed E-state index contributed by atoms with van der Waals surface area (Å²) in [6.07, 6.45) is 3.53. The minimum atomic E-state index is -0.393. The Hall–Kier alpha value is -3.33. The van der Waals surface area contributed by atoms with Crippen molar-refractivity contribution in [3.8, 4) is 11.1 Å². The first-order valence-electron chi connectivity index (χ1n) is 9.54. The molecular formula is C25H23NO2. The van der Waals surface area contributed by atoms with Gasteiger partial charge in [0.1, 0.15) is 6.61 Å². The third kappa shape index (κ3) is 3.84. The second-order valence-corrected chi connectivity index (χ2v) is 7.02. The maximum absolute atomic E-state index is 12.1. The topological polar surface area (TPSA) is 38.3 Å².